The first-order valence-electron chi connectivity index (χ1n) is 12.8. The van der Waals surface area contributed by atoms with Crippen molar-refractivity contribution in [3.05, 3.63) is 87.4 Å². The third-order valence-corrected chi connectivity index (χ3v) is 7.57. The Hall–Kier alpha value is -2.69. The van der Waals surface area contributed by atoms with E-state index in [4.69, 9.17) is 27.9 Å². The zero-order valence-electron chi connectivity index (χ0n) is 22.5. The fourth-order valence-corrected chi connectivity index (χ4v) is 5.82. The normalized spacial score (nSPS) is 17.0. The number of amides is 1. The molecule has 1 aliphatic heterocycles. The topological polar surface area (TPSA) is 32.8 Å². The van der Waals surface area contributed by atoms with Crippen LogP contribution in [0, 0.1) is 11.8 Å². The molecule has 1 unspecified atom stereocenters. The second-order valence-electron chi connectivity index (χ2n) is 10.8. The van der Waals surface area contributed by atoms with Crippen molar-refractivity contribution in [3.8, 4) is 5.75 Å². The minimum Gasteiger partial charge on any atom is -0.496 e. The molecule has 4 rings (SSSR count). The van der Waals surface area contributed by atoms with Crippen molar-refractivity contribution in [2.75, 3.05) is 30.0 Å². The van der Waals surface area contributed by atoms with Gasteiger partial charge < -0.3 is 14.5 Å². The van der Waals surface area contributed by atoms with Crippen LogP contribution < -0.4 is 14.5 Å². The molecule has 0 spiro atoms. The first-order valence-corrected chi connectivity index (χ1v) is 13.6. The van der Waals surface area contributed by atoms with Gasteiger partial charge in [-0.15, -0.1) is 0 Å². The Labute approximate surface area is 231 Å². The molecule has 6 heteroatoms. The molecule has 1 atom stereocenters. The zero-order valence-corrected chi connectivity index (χ0v) is 24.0. The van der Waals surface area contributed by atoms with Crippen molar-refractivity contribution >= 4 is 40.5 Å². The largest absolute Gasteiger partial charge is 0.496 e. The van der Waals surface area contributed by atoms with Gasteiger partial charge in [-0.25, -0.2) is 0 Å². The predicted molar refractivity (Wildman–Crippen MR) is 155 cm³/mol. The van der Waals surface area contributed by atoms with Crippen molar-refractivity contribution in [1.29, 1.82) is 0 Å². The van der Waals surface area contributed by atoms with Gasteiger partial charge in [-0.05, 0) is 60.2 Å². The first kappa shape index (κ1) is 27.3. The van der Waals surface area contributed by atoms with Crippen LogP contribution in [0.25, 0.3) is 0 Å². The molecule has 37 heavy (non-hydrogen) atoms. The lowest BCUT2D eigenvalue weighted by molar-refractivity contribution is -0.121. The quantitative estimate of drug-likeness (QED) is 0.277. The van der Waals surface area contributed by atoms with Crippen LogP contribution in [0.5, 0.6) is 5.75 Å². The Morgan fingerprint density at radius 2 is 1.59 bits per heavy atom. The van der Waals surface area contributed by atoms with Crippen LogP contribution in [-0.4, -0.2) is 26.1 Å². The Morgan fingerprint density at radius 3 is 2.22 bits per heavy atom. The fraction of sp³-hybridized carbons (Fsp3) is 0.387. The van der Waals surface area contributed by atoms with Gasteiger partial charge in [0, 0.05) is 46.1 Å². The van der Waals surface area contributed by atoms with Crippen molar-refractivity contribution in [1.82, 2.24) is 0 Å². The number of fused-ring (bicyclic) bond motifs is 1. The number of carbonyl (C=O) groups is 1. The average molecular weight is 540 g/mol. The van der Waals surface area contributed by atoms with E-state index in [0.29, 0.717) is 28.4 Å². The minimum absolute atomic E-state index is 0.0368. The molecule has 0 saturated carbocycles. The van der Waals surface area contributed by atoms with E-state index in [1.54, 1.807) is 7.11 Å². The molecule has 3 aromatic rings. The van der Waals surface area contributed by atoms with Gasteiger partial charge in [-0.1, -0.05) is 75.2 Å². The number of halogens is 2. The molecule has 0 aromatic heterocycles. The standard InChI is InChI=1S/C31H36Cl2N2O2/c1-20(2)17-34(18-21(3)4)24-13-11-22(29(16-24)37-6)19-35-28-14-12-23(32)15-26(28)31(5,30(35)36)25-9-7-8-10-27(25)33/h7-16,20-21H,17-19H2,1-6H3. The lowest BCUT2D eigenvalue weighted by atomic mass is 9.77. The molecule has 4 nitrogen and oxygen atoms in total. The third-order valence-electron chi connectivity index (χ3n) is 7.01. The van der Waals surface area contributed by atoms with Crippen molar-refractivity contribution < 1.29 is 9.53 Å². The van der Waals surface area contributed by atoms with Gasteiger partial charge in [0.05, 0.1) is 13.7 Å². The van der Waals surface area contributed by atoms with Crippen molar-refractivity contribution in [2.24, 2.45) is 11.8 Å². The van der Waals surface area contributed by atoms with Crippen LogP contribution >= 0.6 is 23.2 Å². The smallest absolute Gasteiger partial charge is 0.242 e. The number of methoxy groups -OCH3 is 1. The van der Waals surface area contributed by atoms with Crippen molar-refractivity contribution in [2.45, 2.75) is 46.6 Å². The number of hydrogen-bond donors (Lipinski definition) is 0. The number of carbonyl (C=O) groups excluding carboxylic acids is 1. The summed E-state index contributed by atoms with van der Waals surface area (Å²) in [5.74, 6) is 1.81. The van der Waals surface area contributed by atoms with Gasteiger partial charge >= 0.3 is 0 Å². The number of anilines is 2. The Bertz CT molecular complexity index is 1280. The Balaban J connectivity index is 1.74. The molecule has 0 bridgehead atoms. The van der Waals surface area contributed by atoms with E-state index in [-0.39, 0.29) is 5.91 Å². The van der Waals surface area contributed by atoms with Gasteiger partial charge in [0.1, 0.15) is 11.2 Å². The summed E-state index contributed by atoms with van der Waals surface area (Å²) in [7, 11) is 1.69. The Kier molecular flexibility index (Phi) is 8.11. The van der Waals surface area contributed by atoms with E-state index in [0.717, 1.165) is 46.9 Å². The molecule has 0 aliphatic carbocycles. The summed E-state index contributed by atoms with van der Waals surface area (Å²) in [6, 6.07) is 19.5. The molecule has 0 saturated heterocycles. The maximum absolute atomic E-state index is 14.1. The van der Waals surface area contributed by atoms with Crippen LogP contribution in [0.2, 0.25) is 10.0 Å². The van der Waals surface area contributed by atoms with Gasteiger partial charge in [-0.3, -0.25) is 4.79 Å². The van der Waals surface area contributed by atoms with Crippen LogP contribution in [0.15, 0.2) is 60.7 Å². The van der Waals surface area contributed by atoms with Crippen LogP contribution in [0.3, 0.4) is 0 Å². The van der Waals surface area contributed by atoms with Crippen LogP contribution in [0.4, 0.5) is 11.4 Å². The SMILES string of the molecule is COc1cc(N(CC(C)C)CC(C)C)ccc1CN1C(=O)C(C)(c2ccccc2Cl)c2cc(Cl)ccc21. The molecule has 1 aliphatic rings. The van der Waals surface area contributed by atoms with Gasteiger partial charge in [0.2, 0.25) is 5.91 Å². The number of hydrogen-bond acceptors (Lipinski definition) is 3. The molecule has 0 radical (unpaired) electrons. The number of ether oxygens (including phenoxy) is 1. The molecule has 0 fully saturated rings. The summed E-state index contributed by atoms with van der Waals surface area (Å²) in [6.07, 6.45) is 0. The molecular formula is C31H36Cl2N2O2. The van der Waals surface area contributed by atoms with Crippen LogP contribution in [0.1, 0.15) is 51.3 Å². The summed E-state index contributed by atoms with van der Waals surface area (Å²) in [6.45, 7) is 13.2. The summed E-state index contributed by atoms with van der Waals surface area (Å²) in [5, 5.41) is 1.15. The maximum atomic E-state index is 14.1. The van der Waals surface area contributed by atoms with Gasteiger partial charge in [-0.2, -0.15) is 0 Å². The van der Waals surface area contributed by atoms with Crippen molar-refractivity contribution in [3.63, 3.8) is 0 Å². The van der Waals surface area contributed by atoms with E-state index in [2.05, 4.69) is 50.8 Å². The average Bonchev–Trinajstić information content (AvgIpc) is 3.05. The van der Waals surface area contributed by atoms with E-state index < -0.39 is 5.41 Å². The first-order chi connectivity index (χ1) is 17.6. The highest BCUT2D eigenvalue weighted by Crippen LogP contribution is 2.49. The zero-order chi connectivity index (χ0) is 26.9. The van der Waals surface area contributed by atoms with Gasteiger partial charge in [0.15, 0.2) is 0 Å². The van der Waals surface area contributed by atoms with Crippen LogP contribution in [-0.2, 0) is 16.8 Å². The fourth-order valence-electron chi connectivity index (χ4n) is 5.32. The highest BCUT2D eigenvalue weighted by molar-refractivity contribution is 6.32. The second-order valence-corrected chi connectivity index (χ2v) is 11.7. The summed E-state index contributed by atoms with van der Waals surface area (Å²) in [5.41, 5.74) is 3.59. The highest BCUT2D eigenvalue weighted by atomic mass is 35.5. The Morgan fingerprint density at radius 1 is 0.919 bits per heavy atom. The highest BCUT2D eigenvalue weighted by Gasteiger charge is 2.49. The molecule has 3 aromatic carbocycles. The monoisotopic (exact) mass is 538 g/mol. The number of nitrogens with zero attached hydrogens (tertiary/aromatic N) is 2. The number of rotatable bonds is 9. The van der Waals surface area contributed by atoms with E-state index in [1.165, 1.54) is 0 Å². The molecule has 196 valence electrons. The van der Waals surface area contributed by atoms with E-state index in [1.807, 2.05) is 54.3 Å². The van der Waals surface area contributed by atoms with E-state index in [9.17, 15) is 4.79 Å². The molecule has 0 N–H and O–H groups in total. The van der Waals surface area contributed by atoms with Gasteiger partial charge in [0.25, 0.3) is 0 Å². The summed E-state index contributed by atoms with van der Waals surface area (Å²) < 4.78 is 5.85. The van der Waals surface area contributed by atoms with E-state index >= 15 is 0 Å². The second kappa shape index (κ2) is 11.0. The lowest BCUT2D eigenvalue weighted by Crippen LogP contribution is -2.39. The molecular weight excluding hydrogens is 503 g/mol. The third kappa shape index (κ3) is 5.32. The molecule has 1 amide bonds. The molecule has 1 heterocycles. The summed E-state index contributed by atoms with van der Waals surface area (Å²) in [4.78, 5) is 18.4. The summed E-state index contributed by atoms with van der Waals surface area (Å²) >= 11 is 13.0. The lowest BCUT2D eigenvalue weighted by Gasteiger charge is -2.30. The maximum Gasteiger partial charge on any atom is 0.242 e. The minimum atomic E-state index is -0.947. The predicted octanol–water partition coefficient (Wildman–Crippen LogP) is 7.97. The number of benzene rings is 3.